The Morgan fingerprint density at radius 3 is 2.42 bits per heavy atom. The zero-order chi connectivity index (χ0) is 14.0. The van der Waals surface area contributed by atoms with Gasteiger partial charge in [0.05, 0.1) is 11.9 Å². The van der Waals surface area contributed by atoms with Crippen molar-refractivity contribution < 1.29 is 27.8 Å². The Hall–Kier alpha value is -2.51. The maximum atomic E-state index is 12.7. The predicted octanol–water partition coefficient (Wildman–Crippen LogP) is 2.95. The Morgan fingerprint density at radius 1 is 1.26 bits per heavy atom. The van der Waals surface area contributed by atoms with Crippen LogP contribution in [0.4, 0.5) is 18.0 Å². The topological polar surface area (TPSA) is 64.3 Å². The third-order valence-corrected chi connectivity index (χ3v) is 2.17. The van der Waals surface area contributed by atoms with E-state index in [2.05, 4.69) is 9.84 Å². The van der Waals surface area contributed by atoms with E-state index in [9.17, 15) is 18.0 Å². The highest BCUT2D eigenvalue weighted by molar-refractivity contribution is 5.61. The zero-order valence-corrected chi connectivity index (χ0v) is 9.26. The van der Waals surface area contributed by atoms with E-state index in [1.165, 1.54) is 12.1 Å². The van der Waals surface area contributed by atoms with Gasteiger partial charge < -0.3 is 9.84 Å². The quantitative estimate of drug-likeness (QED) is 0.853. The van der Waals surface area contributed by atoms with Gasteiger partial charge in [-0.25, -0.2) is 9.48 Å². The van der Waals surface area contributed by atoms with Gasteiger partial charge in [-0.2, -0.15) is 18.3 Å². The number of nitrogens with zero attached hydrogens (tertiary/aromatic N) is 2. The Morgan fingerprint density at radius 2 is 1.89 bits per heavy atom. The third kappa shape index (κ3) is 2.84. The van der Waals surface area contributed by atoms with Crippen molar-refractivity contribution in [3.05, 3.63) is 42.2 Å². The predicted molar refractivity (Wildman–Crippen MR) is 57.2 cm³/mol. The molecule has 1 aromatic heterocycles. The van der Waals surface area contributed by atoms with Gasteiger partial charge in [-0.1, -0.05) is 18.2 Å². The first-order valence-electron chi connectivity index (χ1n) is 5.01. The first-order valence-corrected chi connectivity index (χ1v) is 5.01. The number of ether oxygens (including phenoxy) is 1. The van der Waals surface area contributed by atoms with Crippen LogP contribution in [0.3, 0.4) is 0 Å². The highest BCUT2D eigenvalue weighted by Gasteiger charge is 2.39. The lowest BCUT2D eigenvalue weighted by atomic mass is 10.3. The van der Waals surface area contributed by atoms with Gasteiger partial charge in [0.2, 0.25) is 5.69 Å². The van der Waals surface area contributed by atoms with Crippen molar-refractivity contribution in [3.8, 4) is 11.4 Å². The largest absolute Gasteiger partial charge is 0.511 e. The lowest BCUT2D eigenvalue weighted by molar-refractivity contribution is -0.142. The molecule has 0 radical (unpaired) electrons. The number of alkyl halides is 3. The van der Waals surface area contributed by atoms with Crippen LogP contribution in [0.5, 0.6) is 5.75 Å². The van der Waals surface area contributed by atoms with Crippen LogP contribution in [0, 0.1) is 0 Å². The molecule has 5 nitrogen and oxygen atoms in total. The molecule has 0 spiro atoms. The molecule has 19 heavy (non-hydrogen) atoms. The molecule has 1 heterocycles. The molecule has 0 unspecified atom stereocenters. The van der Waals surface area contributed by atoms with E-state index < -0.39 is 23.8 Å². The van der Waals surface area contributed by atoms with Crippen LogP contribution in [-0.4, -0.2) is 21.0 Å². The minimum Gasteiger partial charge on any atom is -0.449 e. The number of hydrogen-bond donors (Lipinski definition) is 1. The average molecular weight is 272 g/mol. The molecule has 0 aliphatic rings. The first-order chi connectivity index (χ1) is 8.88. The van der Waals surface area contributed by atoms with Gasteiger partial charge in [0, 0.05) is 0 Å². The molecule has 0 atom stereocenters. The van der Waals surface area contributed by atoms with E-state index in [0.29, 0.717) is 5.69 Å². The molecule has 0 bridgehead atoms. The van der Waals surface area contributed by atoms with Crippen molar-refractivity contribution in [2.45, 2.75) is 6.18 Å². The summed E-state index contributed by atoms with van der Waals surface area (Å²) < 4.78 is 43.0. The Labute approximate surface area is 104 Å². The molecule has 0 aliphatic carbocycles. The average Bonchev–Trinajstić information content (AvgIpc) is 2.73. The van der Waals surface area contributed by atoms with E-state index in [1.807, 2.05) is 0 Å². The molecule has 8 heteroatoms. The summed E-state index contributed by atoms with van der Waals surface area (Å²) in [5, 5.41) is 11.7. The summed E-state index contributed by atoms with van der Waals surface area (Å²) in [7, 11) is 0. The number of aromatic nitrogens is 2. The Kier molecular flexibility index (Phi) is 3.16. The van der Waals surface area contributed by atoms with E-state index >= 15 is 0 Å². The SMILES string of the molecule is O=C(O)Oc1cn(-c2ccccc2)nc1C(F)(F)F. The smallest absolute Gasteiger partial charge is 0.449 e. The highest BCUT2D eigenvalue weighted by atomic mass is 19.4. The van der Waals surface area contributed by atoms with Crippen molar-refractivity contribution in [1.82, 2.24) is 9.78 Å². The van der Waals surface area contributed by atoms with Gasteiger partial charge in [0.1, 0.15) is 0 Å². The number of hydrogen-bond acceptors (Lipinski definition) is 3. The second-order valence-electron chi connectivity index (χ2n) is 3.49. The van der Waals surface area contributed by atoms with E-state index in [1.54, 1.807) is 18.2 Å². The number of para-hydroxylation sites is 1. The van der Waals surface area contributed by atoms with Gasteiger partial charge in [-0.3, -0.25) is 0 Å². The number of carboxylic acid groups (broad SMARTS) is 1. The third-order valence-electron chi connectivity index (χ3n) is 2.17. The van der Waals surface area contributed by atoms with Gasteiger partial charge in [0.25, 0.3) is 0 Å². The first kappa shape index (κ1) is 12.9. The molecule has 0 saturated carbocycles. The minimum absolute atomic E-state index is 0.355. The van der Waals surface area contributed by atoms with Crippen LogP contribution in [0.15, 0.2) is 36.5 Å². The molecule has 2 aromatic rings. The van der Waals surface area contributed by atoms with Gasteiger partial charge in [-0.05, 0) is 12.1 Å². The molecular weight excluding hydrogens is 265 g/mol. The van der Waals surface area contributed by atoms with Gasteiger partial charge in [0.15, 0.2) is 5.75 Å². The van der Waals surface area contributed by atoms with Crippen molar-refractivity contribution in [2.75, 3.05) is 0 Å². The number of benzene rings is 1. The second kappa shape index (κ2) is 4.63. The van der Waals surface area contributed by atoms with E-state index in [-0.39, 0.29) is 0 Å². The summed E-state index contributed by atoms with van der Waals surface area (Å²) in [6.07, 6.45) is -5.77. The van der Waals surface area contributed by atoms with Crippen LogP contribution in [0.25, 0.3) is 5.69 Å². The molecule has 1 N–H and O–H groups in total. The molecule has 0 fully saturated rings. The molecule has 1 aromatic carbocycles. The lowest BCUT2D eigenvalue weighted by Crippen LogP contribution is -2.11. The van der Waals surface area contributed by atoms with Crippen LogP contribution in [-0.2, 0) is 6.18 Å². The summed E-state index contributed by atoms with van der Waals surface area (Å²) >= 11 is 0. The fourth-order valence-corrected chi connectivity index (χ4v) is 1.44. The highest BCUT2D eigenvalue weighted by Crippen LogP contribution is 2.35. The summed E-state index contributed by atoms with van der Waals surface area (Å²) in [5.74, 6) is -0.858. The molecule has 100 valence electrons. The summed E-state index contributed by atoms with van der Waals surface area (Å²) in [6, 6.07) is 7.96. The summed E-state index contributed by atoms with van der Waals surface area (Å²) in [5.41, 5.74) is -1.04. The molecule has 0 aliphatic heterocycles. The van der Waals surface area contributed by atoms with Crippen molar-refractivity contribution in [2.24, 2.45) is 0 Å². The van der Waals surface area contributed by atoms with Crippen molar-refractivity contribution in [1.29, 1.82) is 0 Å². The molecule has 2 rings (SSSR count). The van der Waals surface area contributed by atoms with Crippen LogP contribution in [0.2, 0.25) is 0 Å². The Bertz CT molecular complexity index is 593. The van der Waals surface area contributed by atoms with Gasteiger partial charge >= 0.3 is 12.3 Å². The van der Waals surface area contributed by atoms with Crippen LogP contribution < -0.4 is 4.74 Å². The lowest BCUT2D eigenvalue weighted by Gasteiger charge is -2.03. The van der Waals surface area contributed by atoms with Crippen molar-refractivity contribution in [3.63, 3.8) is 0 Å². The van der Waals surface area contributed by atoms with E-state index in [4.69, 9.17) is 5.11 Å². The Balaban J connectivity index is 2.49. The minimum atomic E-state index is -4.80. The number of carbonyl (C=O) groups is 1. The standard InChI is InChI=1S/C11H7F3N2O3/c12-11(13,14)9-8(19-10(17)18)6-16(15-9)7-4-2-1-3-5-7/h1-6H,(H,17,18). The van der Waals surface area contributed by atoms with Crippen LogP contribution >= 0.6 is 0 Å². The fraction of sp³-hybridized carbons (Fsp3) is 0.0909. The van der Waals surface area contributed by atoms with E-state index in [0.717, 1.165) is 10.9 Å². The summed E-state index contributed by atoms with van der Waals surface area (Å²) in [6.45, 7) is 0. The van der Waals surface area contributed by atoms with Crippen LogP contribution in [0.1, 0.15) is 5.69 Å². The van der Waals surface area contributed by atoms with Crippen molar-refractivity contribution >= 4 is 6.16 Å². The maximum absolute atomic E-state index is 12.7. The summed E-state index contributed by atoms with van der Waals surface area (Å²) in [4.78, 5) is 10.4. The van der Waals surface area contributed by atoms with Gasteiger partial charge in [-0.15, -0.1) is 0 Å². The second-order valence-corrected chi connectivity index (χ2v) is 3.49. The molecule has 0 amide bonds. The molecular formula is C11H7F3N2O3. The number of halogens is 3. The fourth-order valence-electron chi connectivity index (χ4n) is 1.44. The molecule has 0 saturated heterocycles. The monoisotopic (exact) mass is 272 g/mol. The normalized spacial score (nSPS) is 11.3. The maximum Gasteiger partial charge on any atom is 0.511 e. The number of rotatable bonds is 2. The zero-order valence-electron chi connectivity index (χ0n) is 9.26.